The van der Waals surface area contributed by atoms with Crippen LogP contribution in [0.2, 0.25) is 0 Å². The Kier molecular flexibility index (Phi) is 5.32. The number of carbonyl (C=O) groups excluding carboxylic acids is 2. The summed E-state index contributed by atoms with van der Waals surface area (Å²) in [7, 11) is 1.59. The SMILES string of the molecule is COc1ccc(C)cc1N1CCN(C(=O)c2ccc(Br)cc2)[C@H](C)C1=O. The minimum Gasteiger partial charge on any atom is -0.495 e. The summed E-state index contributed by atoms with van der Waals surface area (Å²) in [5, 5.41) is 0. The number of methoxy groups -OCH3 is 1. The molecule has 1 aliphatic heterocycles. The number of halogens is 1. The molecule has 1 aliphatic rings. The largest absolute Gasteiger partial charge is 0.495 e. The zero-order valence-corrected chi connectivity index (χ0v) is 16.6. The zero-order valence-electron chi connectivity index (χ0n) is 15.0. The van der Waals surface area contributed by atoms with E-state index >= 15 is 0 Å². The van der Waals surface area contributed by atoms with Crippen LogP contribution in [0.4, 0.5) is 5.69 Å². The lowest BCUT2D eigenvalue weighted by atomic mass is 10.1. The average Bonchev–Trinajstić information content (AvgIpc) is 2.64. The monoisotopic (exact) mass is 416 g/mol. The average molecular weight is 417 g/mol. The van der Waals surface area contributed by atoms with Crippen molar-refractivity contribution in [1.82, 2.24) is 4.90 Å². The molecule has 26 heavy (non-hydrogen) atoms. The highest BCUT2D eigenvalue weighted by atomic mass is 79.9. The molecule has 1 heterocycles. The van der Waals surface area contributed by atoms with Gasteiger partial charge in [0.2, 0.25) is 5.91 Å². The standard InChI is InChI=1S/C20H21BrN2O3/c1-13-4-9-18(26-3)17(12-13)23-11-10-22(14(2)19(23)24)20(25)15-5-7-16(21)8-6-15/h4-9,12,14H,10-11H2,1-3H3/t14-/m1/s1. The molecule has 6 heteroatoms. The van der Waals surface area contributed by atoms with Crippen molar-refractivity contribution in [3.8, 4) is 5.75 Å². The van der Waals surface area contributed by atoms with E-state index in [2.05, 4.69) is 15.9 Å². The lowest BCUT2D eigenvalue weighted by Gasteiger charge is -2.39. The van der Waals surface area contributed by atoms with Crippen LogP contribution in [-0.2, 0) is 4.79 Å². The van der Waals surface area contributed by atoms with Gasteiger partial charge in [0.1, 0.15) is 11.8 Å². The fraction of sp³-hybridized carbons (Fsp3) is 0.300. The Morgan fingerprint density at radius 2 is 1.85 bits per heavy atom. The Balaban J connectivity index is 1.84. The normalized spacial score (nSPS) is 17.4. The number of carbonyl (C=O) groups is 2. The molecule has 3 rings (SSSR count). The van der Waals surface area contributed by atoms with Crippen molar-refractivity contribution in [2.45, 2.75) is 19.9 Å². The van der Waals surface area contributed by atoms with Crippen molar-refractivity contribution in [3.05, 3.63) is 58.1 Å². The van der Waals surface area contributed by atoms with Gasteiger partial charge in [-0.25, -0.2) is 0 Å². The number of hydrogen-bond donors (Lipinski definition) is 0. The molecule has 0 radical (unpaired) electrons. The molecule has 1 saturated heterocycles. The molecule has 0 unspecified atom stereocenters. The molecule has 5 nitrogen and oxygen atoms in total. The van der Waals surface area contributed by atoms with Crippen LogP contribution in [0.1, 0.15) is 22.8 Å². The van der Waals surface area contributed by atoms with Gasteiger partial charge < -0.3 is 14.5 Å². The number of aryl methyl sites for hydroxylation is 1. The molecule has 0 saturated carbocycles. The fourth-order valence-electron chi connectivity index (χ4n) is 3.16. The Labute approximate surface area is 161 Å². The predicted octanol–water partition coefficient (Wildman–Crippen LogP) is 3.64. The first-order valence-electron chi connectivity index (χ1n) is 8.45. The highest BCUT2D eigenvalue weighted by molar-refractivity contribution is 9.10. The number of nitrogens with zero attached hydrogens (tertiary/aromatic N) is 2. The van der Waals surface area contributed by atoms with Crippen molar-refractivity contribution in [3.63, 3.8) is 0 Å². The van der Waals surface area contributed by atoms with Crippen LogP contribution < -0.4 is 9.64 Å². The van der Waals surface area contributed by atoms with Crippen LogP contribution in [0.25, 0.3) is 0 Å². The summed E-state index contributed by atoms with van der Waals surface area (Å²) in [6.07, 6.45) is 0. The lowest BCUT2D eigenvalue weighted by Crippen LogP contribution is -2.57. The van der Waals surface area contributed by atoms with Crippen molar-refractivity contribution in [1.29, 1.82) is 0 Å². The van der Waals surface area contributed by atoms with E-state index < -0.39 is 6.04 Å². The second-order valence-corrected chi connectivity index (χ2v) is 7.26. The second kappa shape index (κ2) is 7.50. The molecule has 0 aromatic heterocycles. The maximum absolute atomic E-state index is 13.0. The van der Waals surface area contributed by atoms with Gasteiger partial charge in [-0.3, -0.25) is 9.59 Å². The van der Waals surface area contributed by atoms with Gasteiger partial charge >= 0.3 is 0 Å². The van der Waals surface area contributed by atoms with E-state index in [-0.39, 0.29) is 11.8 Å². The molecule has 1 fully saturated rings. The Morgan fingerprint density at radius 1 is 1.15 bits per heavy atom. The third kappa shape index (κ3) is 3.46. The van der Waals surface area contributed by atoms with Crippen molar-refractivity contribution in [2.24, 2.45) is 0 Å². The summed E-state index contributed by atoms with van der Waals surface area (Å²) in [6.45, 7) is 4.65. The van der Waals surface area contributed by atoms with E-state index in [0.29, 0.717) is 24.4 Å². The third-order valence-corrected chi connectivity index (χ3v) is 5.16. The van der Waals surface area contributed by atoms with Gasteiger partial charge in [-0.05, 0) is 55.8 Å². The Hall–Kier alpha value is -2.34. The number of ether oxygens (including phenoxy) is 1. The number of hydrogen-bond acceptors (Lipinski definition) is 3. The van der Waals surface area contributed by atoms with Crippen LogP contribution in [0.15, 0.2) is 46.9 Å². The summed E-state index contributed by atoms with van der Waals surface area (Å²) in [5.41, 5.74) is 2.38. The smallest absolute Gasteiger partial charge is 0.254 e. The Morgan fingerprint density at radius 3 is 2.50 bits per heavy atom. The number of amides is 2. The first kappa shape index (κ1) is 18.5. The van der Waals surface area contributed by atoms with Crippen LogP contribution in [0.3, 0.4) is 0 Å². The van der Waals surface area contributed by atoms with Crippen LogP contribution in [0, 0.1) is 6.92 Å². The number of rotatable bonds is 3. The third-order valence-electron chi connectivity index (χ3n) is 4.63. The molecule has 2 aromatic rings. The van der Waals surface area contributed by atoms with E-state index in [0.717, 1.165) is 15.7 Å². The molecule has 136 valence electrons. The van der Waals surface area contributed by atoms with Gasteiger partial charge in [0, 0.05) is 23.1 Å². The number of benzene rings is 2. The summed E-state index contributed by atoms with van der Waals surface area (Å²) >= 11 is 3.37. The van der Waals surface area contributed by atoms with Crippen molar-refractivity contribution >= 4 is 33.4 Å². The fourth-order valence-corrected chi connectivity index (χ4v) is 3.42. The molecule has 0 spiro atoms. The highest BCUT2D eigenvalue weighted by Gasteiger charge is 2.36. The van der Waals surface area contributed by atoms with Gasteiger partial charge in [0.25, 0.3) is 5.91 Å². The number of anilines is 1. The quantitative estimate of drug-likeness (QED) is 0.766. The van der Waals surface area contributed by atoms with E-state index in [1.165, 1.54) is 0 Å². The minimum atomic E-state index is -0.537. The summed E-state index contributed by atoms with van der Waals surface area (Å²) in [6, 6.07) is 12.4. The lowest BCUT2D eigenvalue weighted by molar-refractivity contribution is -0.124. The molecule has 0 bridgehead atoms. The van der Waals surface area contributed by atoms with E-state index in [9.17, 15) is 9.59 Å². The predicted molar refractivity (Wildman–Crippen MR) is 105 cm³/mol. The topological polar surface area (TPSA) is 49.9 Å². The van der Waals surface area contributed by atoms with Crippen LogP contribution >= 0.6 is 15.9 Å². The van der Waals surface area contributed by atoms with E-state index in [1.807, 2.05) is 37.3 Å². The summed E-state index contributed by atoms with van der Waals surface area (Å²) < 4.78 is 6.32. The van der Waals surface area contributed by atoms with E-state index in [4.69, 9.17) is 4.74 Å². The van der Waals surface area contributed by atoms with Crippen LogP contribution in [-0.4, -0.2) is 43.0 Å². The molecule has 0 N–H and O–H groups in total. The zero-order chi connectivity index (χ0) is 18.8. The maximum Gasteiger partial charge on any atom is 0.254 e. The Bertz CT molecular complexity index is 835. The minimum absolute atomic E-state index is 0.106. The van der Waals surface area contributed by atoms with Gasteiger partial charge in [0.15, 0.2) is 0 Å². The van der Waals surface area contributed by atoms with Gasteiger partial charge in [-0.15, -0.1) is 0 Å². The van der Waals surface area contributed by atoms with E-state index in [1.54, 1.807) is 36.0 Å². The van der Waals surface area contributed by atoms with Crippen molar-refractivity contribution < 1.29 is 14.3 Å². The van der Waals surface area contributed by atoms with Crippen LogP contribution in [0.5, 0.6) is 5.75 Å². The van der Waals surface area contributed by atoms with Crippen molar-refractivity contribution in [2.75, 3.05) is 25.1 Å². The number of piperazine rings is 1. The molecule has 0 aliphatic carbocycles. The van der Waals surface area contributed by atoms with Gasteiger partial charge in [-0.2, -0.15) is 0 Å². The molecule has 2 aromatic carbocycles. The second-order valence-electron chi connectivity index (χ2n) is 6.35. The summed E-state index contributed by atoms with van der Waals surface area (Å²) in [4.78, 5) is 29.1. The molecular formula is C20H21BrN2O3. The highest BCUT2D eigenvalue weighted by Crippen LogP contribution is 2.31. The summed E-state index contributed by atoms with van der Waals surface area (Å²) in [5.74, 6) is 0.420. The molecule has 1 atom stereocenters. The molecular weight excluding hydrogens is 396 g/mol. The maximum atomic E-state index is 13.0. The van der Waals surface area contributed by atoms with Gasteiger partial charge in [0.05, 0.1) is 12.8 Å². The first-order chi connectivity index (χ1) is 12.4. The molecule has 2 amide bonds. The first-order valence-corrected chi connectivity index (χ1v) is 9.24. The van der Waals surface area contributed by atoms with Gasteiger partial charge in [-0.1, -0.05) is 22.0 Å².